The number of fused-ring (bicyclic) bond motifs is 1. The molecule has 2 heterocycles. The Bertz CT molecular complexity index is 494. The smallest absolute Gasteiger partial charge is 0.0640 e. The Labute approximate surface area is 137 Å². The molecule has 3 rings (SSSR count). The van der Waals surface area contributed by atoms with Crippen LogP contribution < -0.4 is 5.73 Å². The van der Waals surface area contributed by atoms with E-state index in [1.54, 1.807) is 6.07 Å². The van der Waals surface area contributed by atoms with Crippen LogP contribution in [0.4, 0.5) is 0 Å². The third-order valence-corrected chi connectivity index (χ3v) is 5.64. The maximum atomic E-state index is 6.31. The summed E-state index contributed by atoms with van der Waals surface area (Å²) in [7, 11) is 0. The molecule has 0 spiro atoms. The van der Waals surface area contributed by atoms with Gasteiger partial charge >= 0.3 is 0 Å². The fourth-order valence-electron chi connectivity index (χ4n) is 3.54. The first-order valence-corrected chi connectivity index (χ1v) is 8.56. The zero-order chi connectivity index (χ0) is 14.8. The largest absolute Gasteiger partial charge is 0.324 e. The molecule has 2 fully saturated rings. The molecular weight excluding hydrogens is 305 g/mol. The van der Waals surface area contributed by atoms with Crippen LogP contribution in [0, 0.1) is 0 Å². The molecule has 0 amide bonds. The topological polar surface area (TPSA) is 32.5 Å². The fraction of sp³-hybridized carbons (Fsp3) is 0.625. The molecular formula is C16H23Cl2N3. The summed E-state index contributed by atoms with van der Waals surface area (Å²) in [5.74, 6) is 0. The van der Waals surface area contributed by atoms with E-state index < -0.39 is 0 Å². The zero-order valence-electron chi connectivity index (χ0n) is 12.3. The Balaban J connectivity index is 1.54. The second-order valence-electron chi connectivity index (χ2n) is 6.17. The van der Waals surface area contributed by atoms with E-state index in [4.69, 9.17) is 28.9 Å². The molecule has 1 aromatic carbocycles. The van der Waals surface area contributed by atoms with Gasteiger partial charge in [0.25, 0.3) is 0 Å². The highest BCUT2D eigenvalue weighted by Gasteiger charge is 2.30. The molecule has 2 N–H and O–H groups in total. The average Bonchev–Trinajstić information content (AvgIpc) is 2.95. The van der Waals surface area contributed by atoms with Crippen LogP contribution in [-0.2, 0) is 0 Å². The first-order valence-electron chi connectivity index (χ1n) is 7.81. The zero-order valence-corrected chi connectivity index (χ0v) is 13.8. The summed E-state index contributed by atoms with van der Waals surface area (Å²) in [6.07, 6.45) is 3.63. The number of rotatable bonds is 4. The van der Waals surface area contributed by atoms with E-state index in [1.807, 2.05) is 12.1 Å². The molecule has 0 radical (unpaired) electrons. The van der Waals surface area contributed by atoms with Crippen LogP contribution >= 0.6 is 23.2 Å². The number of hydrogen-bond acceptors (Lipinski definition) is 3. The Morgan fingerprint density at radius 2 is 2.10 bits per heavy atom. The van der Waals surface area contributed by atoms with Crippen molar-refractivity contribution in [2.75, 3.05) is 32.7 Å². The van der Waals surface area contributed by atoms with Crippen LogP contribution in [-0.4, -0.2) is 48.6 Å². The molecule has 0 aliphatic carbocycles. The third-order valence-electron chi connectivity index (χ3n) is 4.81. The van der Waals surface area contributed by atoms with Crippen molar-refractivity contribution in [3.05, 3.63) is 33.8 Å². The normalized spacial score (nSPS) is 25.0. The maximum Gasteiger partial charge on any atom is 0.0640 e. The number of nitrogens with zero attached hydrogens (tertiary/aromatic N) is 2. The average molecular weight is 328 g/mol. The summed E-state index contributed by atoms with van der Waals surface area (Å²) in [4.78, 5) is 5.18. The summed E-state index contributed by atoms with van der Waals surface area (Å²) in [6.45, 7) is 5.88. The lowest BCUT2D eigenvalue weighted by atomic mass is 10.0. The van der Waals surface area contributed by atoms with Gasteiger partial charge in [0.15, 0.2) is 0 Å². The van der Waals surface area contributed by atoms with Gasteiger partial charge in [0.2, 0.25) is 0 Å². The molecule has 0 saturated carbocycles. The summed E-state index contributed by atoms with van der Waals surface area (Å²) in [5.41, 5.74) is 7.27. The van der Waals surface area contributed by atoms with Gasteiger partial charge in [-0.3, -0.25) is 4.90 Å². The standard InChI is InChI=1S/C16H23Cl2N3/c17-14-5-1-4-13(16(14)18)15(19)6-8-20-9-10-21-7-2-3-12(21)11-20/h1,4-5,12,15H,2-3,6-11,19H2. The number of benzene rings is 1. The van der Waals surface area contributed by atoms with Crippen molar-refractivity contribution in [1.29, 1.82) is 0 Å². The first kappa shape index (κ1) is 15.6. The Kier molecular flexibility index (Phi) is 5.07. The van der Waals surface area contributed by atoms with Crippen LogP contribution in [0.3, 0.4) is 0 Å². The molecule has 1 aromatic rings. The quantitative estimate of drug-likeness (QED) is 0.921. The van der Waals surface area contributed by atoms with Crippen molar-refractivity contribution in [1.82, 2.24) is 9.80 Å². The maximum absolute atomic E-state index is 6.31. The van der Waals surface area contributed by atoms with Gasteiger partial charge in [-0.25, -0.2) is 0 Å². The summed E-state index contributed by atoms with van der Waals surface area (Å²) < 4.78 is 0. The molecule has 2 aliphatic rings. The van der Waals surface area contributed by atoms with E-state index in [9.17, 15) is 0 Å². The second kappa shape index (κ2) is 6.84. The number of nitrogens with two attached hydrogens (primary N) is 1. The molecule has 21 heavy (non-hydrogen) atoms. The molecule has 2 saturated heterocycles. The van der Waals surface area contributed by atoms with E-state index in [-0.39, 0.29) is 6.04 Å². The lowest BCUT2D eigenvalue weighted by molar-refractivity contribution is 0.102. The van der Waals surface area contributed by atoms with Crippen LogP contribution in [0.2, 0.25) is 10.0 Å². The van der Waals surface area contributed by atoms with Gasteiger partial charge in [0.05, 0.1) is 10.0 Å². The molecule has 2 aliphatic heterocycles. The lowest BCUT2D eigenvalue weighted by Crippen LogP contribution is -2.50. The first-order chi connectivity index (χ1) is 10.1. The molecule has 2 atom stereocenters. The van der Waals surface area contributed by atoms with E-state index >= 15 is 0 Å². The van der Waals surface area contributed by atoms with Gasteiger partial charge in [0.1, 0.15) is 0 Å². The van der Waals surface area contributed by atoms with Crippen molar-refractivity contribution < 1.29 is 0 Å². The number of halogens is 2. The van der Waals surface area contributed by atoms with Crippen LogP contribution in [0.5, 0.6) is 0 Å². The Morgan fingerprint density at radius 3 is 2.95 bits per heavy atom. The van der Waals surface area contributed by atoms with Gasteiger partial charge in [-0.15, -0.1) is 0 Å². The summed E-state index contributed by atoms with van der Waals surface area (Å²) in [5, 5.41) is 1.19. The van der Waals surface area contributed by atoms with Crippen molar-refractivity contribution in [3.63, 3.8) is 0 Å². The molecule has 3 nitrogen and oxygen atoms in total. The monoisotopic (exact) mass is 327 g/mol. The third kappa shape index (κ3) is 3.54. The minimum atomic E-state index is -0.0437. The number of hydrogen-bond donors (Lipinski definition) is 1. The van der Waals surface area contributed by atoms with Gasteiger partial charge < -0.3 is 10.6 Å². The predicted molar refractivity (Wildman–Crippen MR) is 89.0 cm³/mol. The van der Waals surface area contributed by atoms with Gasteiger partial charge in [0, 0.05) is 38.3 Å². The van der Waals surface area contributed by atoms with Gasteiger partial charge in [-0.2, -0.15) is 0 Å². The predicted octanol–water partition coefficient (Wildman–Crippen LogP) is 3.16. The Hall–Kier alpha value is -0.320. The fourth-order valence-corrected chi connectivity index (χ4v) is 3.99. The Morgan fingerprint density at radius 1 is 1.24 bits per heavy atom. The molecule has 0 aromatic heterocycles. The second-order valence-corrected chi connectivity index (χ2v) is 6.96. The van der Waals surface area contributed by atoms with Crippen molar-refractivity contribution >= 4 is 23.2 Å². The van der Waals surface area contributed by atoms with Crippen molar-refractivity contribution in [2.24, 2.45) is 5.73 Å². The van der Waals surface area contributed by atoms with E-state index in [2.05, 4.69) is 9.80 Å². The minimum Gasteiger partial charge on any atom is -0.324 e. The molecule has 0 bridgehead atoms. The minimum absolute atomic E-state index is 0.0437. The lowest BCUT2D eigenvalue weighted by Gasteiger charge is -2.37. The van der Waals surface area contributed by atoms with Crippen molar-refractivity contribution in [2.45, 2.75) is 31.3 Å². The summed E-state index contributed by atoms with van der Waals surface area (Å²) >= 11 is 12.3. The van der Waals surface area contributed by atoms with E-state index in [1.165, 1.54) is 32.5 Å². The van der Waals surface area contributed by atoms with Crippen molar-refractivity contribution in [3.8, 4) is 0 Å². The van der Waals surface area contributed by atoms with Gasteiger partial charge in [-0.05, 0) is 37.4 Å². The SMILES string of the molecule is NC(CCN1CCN2CCCC2C1)c1cccc(Cl)c1Cl. The van der Waals surface area contributed by atoms with Gasteiger partial charge in [-0.1, -0.05) is 35.3 Å². The van der Waals surface area contributed by atoms with E-state index in [0.29, 0.717) is 10.0 Å². The van der Waals surface area contributed by atoms with Crippen LogP contribution in [0.15, 0.2) is 18.2 Å². The summed E-state index contributed by atoms with van der Waals surface area (Å²) in [6, 6.07) is 6.43. The number of piperazine rings is 1. The highest BCUT2D eigenvalue weighted by atomic mass is 35.5. The van der Waals surface area contributed by atoms with E-state index in [0.717, 1.165) is 31.1 Å². The molecule has 2 unspecified atom stereocenters. The van der Waals surface area contributed by atoms with Crippen LogP contribution in [0.25, 0.3) is 0 Å². The highest BCUT2D eigenvalue weighted by molar-refractivity contribution is 6.42. The highest BCUT2D eigenvalue weighted by Crippen LogP contribution is 2.30. The molecule has 5 heteroatoms. The molecule has 116 valence electrons. The van der Waals surface area contributed by atoms with Crippen LogP contribution in [0.1, 0.15) is 30.9 Å².